The summed E-state index contributed by atoms with van der Waals surface area (Å²) in [6.07, 6.45) is 2.24. The minimum atomic E-state index is -1.04. The first-order chi connectivity index (χ1) is 9.56. The van der Waals surface area contributed by atoms with Gasteiger partial charge in [0.1, 0.15) is 11.4 Å². The summed E-state index contributed by atoms with van der Waals surface area (Å²) in [5, 5.41) is 12.1. The molecule has 20 heavy (non-hydrogen) atoms. The lowest BCUT2D eigenvalue weighted by Gasteiger charge is -2.09. The number of nitrogens with zero attached hydrogens (tertiary/aromatic N) is 1. The number of carboxylic acids is 1. The zero-order valence-corrected chi connectivity index (χ0v) is 11.3. The summed E-state index contributed by atoms with van der Waals surface area (Å²) >= 11 is 0. The molecule has 0 radical (unpaired) electrons. The Bertz CT molecular complexity index is 626. The molecule has 0 amide bonds. The van der Waals surface area contributed by atoms with Crippen molar-refractivity contribution in [1.82, 2.24) is 4.98 Å². The highest BCUT2D eigenvalue weighted by Gasteiger charge is 2.11. The monoisotopic (exact) mass is 271 g/mol. The van der Waals surface area contributed by atoms with Gasteiger partial charge in [0.15, 0.2) is 0 Å². The van der Waals surface area contributed by atoms with Crippen LogP contribution in [0.25, 0.3) is 0 Å². The number of nitrogen functional groups attached to an aromatic ring is 1. The number of nitrogens with two attached hydrogens (primary N) is 1. The number of hydrogen-bond acceptors (Lipinski definition) is 4. The fraction of sp³-hybridized carbons (Fsp3) is 0.200. The van der Waals surface area contributed by atoms with Gasteiger partial charge in [-0.05, 0) is 25.0 Å². The minimum Gasteiger partial charge on any atom is -0.478 e. The molecule has 2 aromatic rings. The summed E-state index contributed by atoms with van der Waals surface area (Å²) in [6.45, 7) is 2.65. The number of nitrogens with one attached hydrogen (secondary N) is 1. The van der Waals surface area contributed by atoms with Crippen LogP contribution >= 0.6 is 0 Å². The van der Waals surface area contributed by atoms with E-state index in [1.165, 1.54) is 23.4 Å². The summed E-state index contributed by atoms with van der Waals surface area (Å²) in [7, 11) is 0. The molecule has 0 bridgehead atoms. The smallest absolute Gasteiger partial charge is 0.339 e. The van der Waals surface area contributed by atoms with E-state index in [1.807, 2.05) is 25.1 Å². The first-order valence-corrected chi connectivity index (χ1v) is 6.34. The quantitative estimate of drug-likeness (QED) is 0.776. The highest BCUT2D eigenvalue weighted by atomic mass is 16.4. The van der Waals surface area contributed by atoms with Crippen molar-refractivity contribution in [2.24, 2.45) is 0 Å². The molecule has 104 valence electrons. The van der Waals surface area contributed by atoms with Crippen molar-refractivity contribution in [2.45, 2.75) is 13.3 Å². The Hall–Kier alpha value is -2.56. The van der Waals surface area contributed by atoms with Crippen LogP contribution in [0.4, 0.5) is 11.5 Å². The lowest BCUT2D eigenvalue weighted by atomic mass is 10.1. The molecule has 0 aliphatic carbocycles. The molecule has 0 unspecified atom stereocenters. The number of aryl methyl sites for hydroxylation is 1. The molecular formula is C15H17N3O2. The third kappa shape index (κ3) is 3.47. The Kier molecular flexibility index (Phi) is 4.20. The Morgan fingerprint density at radius 1 is 1.40 bits per heavy atom. The molecule has 0 spiro atoms. The molecule has 0 fully saturated rings. The second-order valence-corrected chi connectivity index (χ2v) is 4.64. The average molecular weight is 271 g/mol. The van der Waals surface area contributed by atoms with Crippen molar-refractivity contribution in [3.63, 3.8) is 0 Å². The normalized spacial score (nSPS) is 10.2. The second kappa shape index (κ2) is 6.06. The van der Waals surface area contributed by atoms with Crippen molar-refractivity contribution < 1.29 is 9.90 Å². The lowest BCUT2D eigenvalue weighted by molar-refractivity contribution is 0.0697. The fourth-order valence-corrected chi connectivity index (χ4v) is 1.98. The van der Waals surface area contributed by atoms with Gasteiger partial charge in [0.2, 0.25) is 0 Å². The molecular weight excluding hydrogens is 254 g/mol. The molecule has 0 aliphatic heterocycles. The number of aromatic carboxylic acids is 1. The Morgan fingerprint density at radius 3 is 2.90 bits per heavy atom. The third-order valence-corrected chi connectivity index (χ3v) is 2.93. The van der Waals surface area contributed by atoms with Crippen LogP contribution in [0.3, 0.4) is 0 Å². The first-order valence-electron chi connectivity index (χ1n) is 6.34. The highest BCUT2D eigenvalue weighted by Crippen LogP contribution is 2.15. The van der Waals surface area contributed by atoms with Gasteiger partial charge in [-0.3, -0.25) is 0 Å². The highest BCUT2D eigenvalue weighted by molar-refractivity contribution is 5.94. The summed E-state index contributed by atoms with van der Waals surface area (Å²) < 4.78 is 0. The lowest BCUT2D eigenvalue weighted by Crippen LogP contribution is -2.11. The largest absolute Gasteiger partial charge is 0.478 e. The van der Waals surface area contributed by atoms with Gasteiger partial charge in [0, 0.05) is 6.54 Å². The molecule has 4 N–H and O–H groups in total. The number of carboxylic acid groups (broad SMARTS) is 1. The van der Waals surface area contributed by atoms with Crippen molar-refractivity contribution in [3.8, 4) is 0 Å². The van der Waals surface area contributed by atoms with Crippen molar-refractivity contribution in [2.75, 3.05) is 17.6 Å². The number of hydrogen-bond donors (Lipinski definition) is 3. The van der Waals surface area contributed by atoms with E-state index >= 15 is 0 Å². The number of benzene rings is 1. The van der Waals surface area contributed by atoms with Gasteiger partial charge in [0.05, 0.1) is 11.9 Å². The number of pyridine rings is 1. The SMILES string of the molecule is Cc1cccc(CCNc2ncc(N)cc2C(=O)O)c1. The van der Waals surface area contributed by atoms with Crippen molar-refractivity contribution in [1.29, 1.82) is 0 Å². The van der Waals surface area contributed by atoms with Gasteiger partial charge in [-0.2, -0.15) is 0 Å². The third-order valence-electron chi connectivity index (χ3n) is 2.93. The van der Waals surface area contributed by atoms with E-state index in [1.54, 1.807) is 0 Å². The molecule has 2 rings (SSSR count). The molecule has 1 aromatic carbocycles. The molecule has 1 aromatic heterocycles. The van der Waals surface area contributed by atoms with Crippen LogP contribution in [0.15, 0.2) is 36.5 Å². The Labute approximate surface area is 117 Å². The second-order valence-electron chi connectivity index (χ2n) is 4.64. The molecule has 5 heteroatoms. The van der Waals surface area contributed by atoms with E-state index in [2.05, 4.69) is 16.4 Å². The van der Waals surface area contributed by atoms with Crippen molar-refractivity contribution >= 4 is 17.5 Å². The molecule has 0 aliphatic rings. The van der Waals surface area contributed by atoms with E-state index in [0.717, 1.165) is 6.42 Å². The van der Waals surface area contributed by atoms with E-state index in [9.17, 15) is 4.79 Å². The minimum absolute atomic E-state index is 0.0919. The predicted molar refractivity (Wildman–Crippen MR) is 79.0 cm³/mol. The van der Waals surface area contributed by atoms with E-state index < -0.39 is 5.97 Å². The van der Waals surface area contributed by atoms with Crippen LogP contribution in [0.2, 0.25) is 0 Å². The molecule has 0 atom stereocenters. The number of aromatic nitrogens is 1. The van der Waals surface area contributed by atoms with Crippen molar-refractivity contribution in [3.05, 3.63) is 53.2 Å². The van der Waals surface area contributed by atoms with Crippen LogP contribution < -0.4 is 11.1 Å². The standard InChI is InChI=1S/C15H17N3O2/c1-10-3-2-4-11(7-10)5-6-17-14-13(15(19)20)8-12(16)9-18-14/h2-4,7-9H,5-6,16H2,1H3,(H,17,18)(H,19,20). The van der Waals surface area contributed by atoms with Gasteiger partial charge in [0.25, 0.3) is 0 Å². The summed E-state index contributed by atoms with van der Waals surface area (Å²) in [5.74, 6) is -0.692. The van der Waals surface area contributed by atoms with Crippen LogP contribution in [-0.2, 0) is 6.42 Å². The summed E-state index contributed by atoms with van der Waals surface area (Å²) in [4.78, 5) is 15.1. The predicted octanol–water partition coefficient (Wildman–Crippen LogP) is 2.33. The van der Waals surface area contributed by atoms with Gasteiger partial charge in [-0.15, -0.1) is 0 Å². The Balaban J connectivity index is 2.02. The first kappa shape index (κ1) is 13.9. The topological polar surface area (TPSA) is 88.2 Å². The number of anilines is 2. The summed E-state index contributed by atoms with van der Waals surface area (Å²) in [5.41, 5.74) is 8.39. The van der Waals surface area contributed by atoms with Gasteiger partial charge in [-0.25, -0.2) is 9.78 Å². The van der Waals surface area contributed by atoms with Gasteiger partial charge < -0.3 is 16.2 Å². The van der Waals surface area contributed by atoms with Crippen LogP contribution in [0.5, 0.6) is 0 Å². The zero-order valence-electron chi connectivity index (χ0n) is 11.3. The molecule has 5 nitrogen and oxygen atoms in total. The van der Waals surface area contributed by atoms with E-state index in [4.69, 9.17) is 10.8 Å². The molecule has 1 heterocycles. The van der Waals surface area contributed by atoms with Crippen LogP contribution in [-0.4, -0.2) is 22.6 Å². The van der Waals surface area contributed by atoms with Crippen LogP contribution in [0.1, 0.15) is 21.5 Å². The van der Waals surface area contributed by atoms with Gasteiger partial charge in [-0.1, -0.05) is 29.8 Å². The maximum Gasteiger partial charge on any atom is 0.339 e. The fourth-order valence-electron chi connectivity index (χ4n) is 1.98. The van der Waals surface area contributed by atoms with E-state index in [-0.39, 0.29) is 5.56 Å². The van der Waals surface area contributed by atoms with Gasteiger partial charge >= 0.3 is 5.97 Å². The van der Waals surface area contributed by atoms with Crippen LogP contribution in [0, 0.1) is 6.92 Å². The summed E-state index contributed by atoms with van der Waals surface area (Å²) in [6, 6.07) is 9.61. The maximum absolute atomic E-state index is 11.1. The number of carbonyl (C=O) groups is 1. The molecule has 0 saturated heterocycles. The Morgan fingerprint density at radius 2 is 2.20 bits per heavy atom. The average Bonchev–Trinajstić information content (AvgIpc) is 2.40. The zero-order chi connectivity index (χ0) is 14.5. The number of rotatable bonds is 5. The maximum atomic E-state index is 11.1. The van der Waals surface area contributed by atoms with E-state index in [0.29, 0.717) is 18.1 Å². The molecule has 0 saturated carbocycles.